The number of nitrogens with zero attached hydrogens (tertiary/aromatic N) is 4. The number of aromatic nitrogens is 3. The highest BCUT2D eigenvalue weighted by atomic mass is 79.9. The zero-order chi connectivity index (χ0) is 97.6. The van der Waals surface area contributed by atoms with Gasteiger partial charge in [-0.25, -0.2) is 93.8 Å². The fourth-order valence-corrected chi connectivity index (χ4v) is 25.3. The fraction of sp³-hybridized carbons (Fsp3) is 0.412. The minimum absolute atomic E-state index is 0. The number of hydrogen-bond donors (Lipinski definition) is 13. The summed E-state index contributed by atoms with van der Waals surface area (Å²) in [6.45, 7) is 45.1. The van der Waals surface area contributed by atoms with Gasteiger partial charge in [-0.1, -0.05) is 39.5 Å². The number of nitriles is 1. The predicted molar refractivity (Wildman–Crippen MR) is 534 cm³/mol. The largest absolute Gasteiger partial charge is 0.399 e. The molecule has 15 N–H and O–H groups in total. The average Bonchev–Trinajstić information content (AvgIpc) is 1.71. The molecule has 0 bridgehead atoms. The van der Waals surface area contributed by atoms with Gasteiger partial charge < -0.3 is 38.1 Å². The van der Waals surface area contributed by atoms with Gasteiger partial charge in [-0.15, -0.1) is 34.0 Å². The molecule has 3 aromatic heterocycles. The van der Waals surface area contributed by atoms with Crippen LogP contribution in [0, 0.1) is 17.6 Å². The molecule has 129 heavy (non-hydrogen) atoms. The summed E-state index contributed by atoms with van der Waals surface area (Å²) in [4.78, 5) is 48.6. The Bertz CT molecular complexity index is 6310. The third kappa shape index (κ3) is 37.0. The lowest BCUT2D eigenvalue weighted by Gasteiger charge is -2.22. The molecule has 0 fully saturated rings. The Kier molecular flexibility index (Phi) is 39.4. The minimum Gasteiger partial charge on any atom is -0.399 e. The van der Waals surface area contributed by atoms with Crippen molar-refractivity contribution in [3.05, 3.63) is 137 Å². The number of nitrogens with one attached hydrogen (secondary N) is 11. The van der Waals surface area contributed by atoms with Crippen LogP contribution in [0.3, 0.4) is 0 Å². The van der Waals surface area contributed by atoms with Gasteiger partial charge in [0.1, 0.15) is 20.4 Å². The van der Waals surface area contributed by atoms with Crippen LogP contribution in [0.25, 0.3) is 52.6 Å². The molecular weight excluding hydrogens is 1930 g/mol. The molecule has 0 aliphatic carbocycles. The van der Waals surface area contributed by atoms with Crippen LogP contribution in [-0.2, 0) is 74.5 Å². The number of aryl methyl sites for hydroxylation is 1. The normalized spacial score (nSPS) is 12.4. The molecule has 44 heteroatoms. The highest BCUT2D eigenvalue weighted by Crippen LogP contribution is 2.43. The van der Waals surface area contributed by atoms with Gasteiger partial charge in [-0.05, 0) is 282 Å². The highest BCUT2D eigenvalue weighted by molar-refractivity contribution is 9.11. The van der Waals surface area contributed by atoms with Crippen molar-refractivity contribution in [1.29, 1.82) is 5.26 Å². The molecule has 9 aromatic rings. The molecule has 3 heterocycles. The van der Waals surface area contributed by atoms with Gasteiger partial charge in [0, 0.05) is 140 Å². The van der Waals surface area contributed by atoms with E-state index in [1.807, 2.05) is 33.1 Å². The number of halogens is 1. The molecule has 0 spiro atoms. The van der Waals surface area contributed by atoms with Crippen LogP contribution in [0.15, 0.2) is 161 Å². The Hall–Kier alpha value is -8.31. The van der Waals surface area contributed by atoms with Gasteiger partial charge >= 0.3 is 0 Å². The van der Waals surface area contributed by atoms with Crippen LogP contribution >= 0.6 is 73.9 Å². The zero-order valence-corrected chi connectivity index (χ0v) is 86.8. The summed E-state index contributed by atoms with van der Waals surface area (Å²) in [5, 5.41) is 26.0. The second-order valence-corrected chi connectivity index (χ2v) is 52.0. The van der Waals surface area contributed by atoms with Crippen molar-refractivity contribution in [2.75, 3.05) is 32.7 Å². The smallest absolute Gasteiger partial charge is 0.241 e. The first-order valence-electron chi connectivity index (χ1n) is 39.3. The SMILES string of the molecule is C.CC(=O)Nc1ccc(-c2cnc(-c3ccc(N)cc3S(=O)(=O)NC(C)(C)C)s2)c(S(=O)(=O)NC(C)(C)C)c1.CC(=O)Nc1ccc(-c2cnc(-c3ccc(NC(=S)NC(C)C)cc3S(=O)(=O)NC(C)(C)C)s2)c(S(=O)(=O)NC(C)(C)C)c1.CC(=O)Nc1ccc(C)c(S(=O)(=O)NC(C)(C)C)c1.CC(C)(C)NS(=O)(=O)c1cc(N)ccc1-c1ncc(Br)s1.CC(C)SC#N. The third-order valence-electron chi connectivity index (χ3n) is 15.2. The van der Waals surface area contributed by atoms with Crippen molar-refractivity contribution in [2.45, 2.75) is 261 Å². The lowest BCUT2D eigenvalue weighted by Crippen LogP contribution is -2.40. The van der Waals surface area contributed by atoms with E-state index in [1.54, 1.807) is 211 Å². The molecule has 0 saturated heterocycles. The Morgan fingerprint density at radius 1 is 0.403 bits per heavy atom. The van der Waals surface area contributed by atoms with Gasteiger partial charge in [0.25, 0.3) is 0 Å². The number of thiocyanates is 1. The summed E-state index contributed by atoms with van der Waals surface area (Å²) in [5.74, 6) is -0.928. The molecule has 3 amide bonds. The maximum atomic E-state index is 13.6. The van der Waals surface area contributed by atoms with Gasteiger partial charge in [-0.3, -0.25) is 14.4 Å². The molecule has 0 aliphatic rings. The number of sulfonamides is 6. The van der Waals surface area contributed by atoms with Crippen LogP contribution in [0.4, 0.5) is 34.1 Å². The third-order valence-corrected chi connectivity index (χ3v) is 30.5. The van der Waals surface area contributed by atoms with Crippen molar-refractivity contribution < 1.29 is 64.9 Å². The summed E-state index contributed by atoms with van der Waals surface area (Å²) < 4.78 is 174. The number of amides is 3. The highest BCUT2D eigenvalue weighted by Gasteiger charge is 2.34. The van der Waals surface area contributed by atoms with Crippen LogP contribution in [0.1, 0.15) is 186 Å². The van der Waals surface area contributed by atoms with E-state index in [9.17, 15) is 64.9 Å². The molecule has 9 rings (SSSR count). The number of nitrogens with two attached hydrogens (primary N) is 2. The Labute approximate surface area is 792 Å². The number of nitrogen functional groups attached to an aromatic ring is 2. The number of thiocarbonyl (C=S) groups is 1. The number of rotatable bonds is 23. The van der Waals surface area contributed by atoms with Gasteiger partial charge in [0.05, 0.1) is 49.1 Å². The maximum absolute atomic E-state index is 13.6. The van der Waals surface area contributed by atoms with Crippen molar-refractivity contribution in [2.24, 2.45) is 0 Å². The van der Waals surface area contributed by atoms with Crippen LogP contribution < -0.4 is 66.4 Å². The molecule has 6 aromatic carbocycles. The topological polar surface area (TPSA) is 503 Å². The van der Waals surface area contributed by atoms with E-state index >= 15 is 0 Å². The van der Waals surface area contributed by atoms with Crippen LogP contribution in [0.5, 0.6) is 0 Å². The molecule has 0 unspecified atom stereocenters. The van der Waals surface area contributed by atoms with Crippen molar-refractivity contribution in [3.63, 3.8) is 0 Å². The number of thioether (sulfide) groups is 1. The van der Waals surface area contributed by atoms with E-state index < -0.39 is 93.4 Å². The standard InChI is InChI=1S/C29H40N6O5S4.C25H33N5O5S3.C13H16BrN3O2S2.C13H20N2O3S.C4H7NS.CH4/c1-17(2)31-27(41)33-20-11-13-22(25(15-20)44(39,40)35-29(7,8)9)26-30-16-23(42-26)21-12-10-19(32-18(3)36)14-24(21)43(37,38)34-28(4,5)6;1-15(31)28-17-9-11-18(22(13-17)38(34,35)30-25(5,6)7)20-14-27-23(36-20)19-10-8-16(26)12-21(19)37(32,33)29-24(2,3)4;1-13(2,3)17-21(18,19)10-6-8(15)4-5-9(10)12-16-7-11(14)20-12;1-9-6-7-11(14-10(2)16)8-12(9)19(17,18)15-13(3,4)5;1-4(2)6-3-5;/h10-17,34-35H,1-9H3,(H,32,36)(H2,31,33,41);8-14,29-30H,26H2,1-7H3,(H,28,31);4-7,17H,15H2,1-3H3;6-8,15H,1-5H3,(H,14,16);4H,1-2H3;1H4. The first kappa shape index (κ1) is 113. The second kappa shape index (κ2) is 44.9. The average molecular weight is 2050 g/mol. The van der Waals surface area contributed by atoms with Crippen molar-refractivity contribution in [1.82, 2.24) is 48.6 Å². The van der Waals surface area contributed by atoms with Crippen LogP contribution in [0.2, 0.25) is 0 Å². The molecular formula is C85H120BrN17O15S11. The summed E-state index contributed by atoms with van der Waals surface area (Å²) in [5.41, 5.74) is 12.3. The minimum atomic E-state index is -4.04. The molecule has 0 aliphatic heterocycles. The number of carbonyl (C=O) groups excluding carboxylic acids is 3. The second-order valence-electron chi connectivity index (χ2n) is 35.8. The molecule has 32 nitrogen and oxygen atoms in total. The van der Waals surface area contributed by atoms with E-state index in [-0.39, 0.29) is 66.3 Å². The fourth-order valence-electron chi connectivity index (χ4n) is 11.2. The first-order valence-corrected chi connectivity index (χ1v) is 52.7. The van der Waals surface area contributed by atoms with E-state index in [0.29, 0.717) is 97.0 Å². The molecule has 0 saturated carbocycles. The number of carbonyl (C=O) groups is 3. The summed E-state index contributed by atoms with van der Waals surface area (Å²) in [6.07, 6.45) is 4.64. The van der Waals surface area contributed by atoms with Gasteiger partial charge in [-0.2, -0.15) is 5.26 Å². The quantitative estimate of drug-likeness (QED) is 0.0161. The summed E-state index contributed by atoms with van der Waals surface area (Å²) in [7, 11) is -23.3. The van der Waals surface area contributed by atoms with Crippen molar-refractivity contribution >= 4 is 191 Å². The molecule has 708 valence electrons. The lowest BCUT2D eigenvalue weighted by atomic mass is 10.1. The maximum Gasteiger partial charge on any atom is 0.241 e. The van der Waals surface area contributed by atoms with E-state index in [2.05, 4.69) is 85.8 Å². The Balaban J connectivity index is 0.000000369. The number of benzene rings is 6. The van der Waals surface area contributed by atoms with Gasteiger partial charge in [0.15, 0.2) is 5.11 Å². The van der Waals surface area contributed by atoms with E-state index in [4.69, 9.17) is 28.9 Å². The summed E-state index contributed by atoms with van der Waals surface area (Å²) in [6, 6.07) is 28.2. The Morgan fingerprint density at radius 2 is 0.659 bits per heavy atom. The number of anilines is 6. The number of hydrogen-bond acceptors (Lipinski definition) is 26. The molecule has 0 atom stereocenters. The predicted octanol–water partition coefficient (Wildman–Crippen LogP) is 17.0. The molecule has 0 radical (unpaired) electrons. The van der Waals surface area contributed by atoms with E-state index in [1.165, 1.54) is 92.7 Å². The summed E-state index contributed by atoms with van der Waals surface area (Å²) >= 11 is 13.6. The lowest BCUT2D eigenvalue weighted by molar-refractivity contribution is -0.115. The zero-order valence-electron chi connectivity index (χ0n) is 76.2. The number of thiazole rings is 3. The van der Waals surface area contributed by atoms with Crippen LogP contribution in [-0.4, -0.2) is 133 Å². The first-order chi connectivity index (χ1) is 58.2. The van der Waals surface area contributed by atoms with E-state index in [0.717, 1.165) is 26.5 Å². The van der Waals surface area contributed by atoms with Crippen molar-refractivity contribution in [3.8, 4) is 58.0 Å². The van der Waals surface area contributed by atoms with Gasteiger partial charge in [0.2, 0.25) is 77.9 Å². The Morgan fingerprint density at radius 3 is 0.930 bits per heavy atom. The monoisotopic (exact) mass is 2050 g/mol.